The van der Waals surface area contributed by atoms with Crippen molar-refractivity contribution in [3.8, 4) is 0 Å². The molecule has 1 fully saturated rings. The Balaban J connectivity index is 1.24. The Morgan fingerprint density at radius 3 is 2.00 bits per heavy atom. The molecule has 0 aromatic heterocycles. The highest BCUT2D eigenvalue weighted by molar-refractivity contribution is 7.92. The standard InChI is InChI=1S/C32H39F3N4O3S/c1-21-22(2)24(4)30(25(5)23(21)3)43(41,42)37-28-12-10-26(11-13-28)31(40)36-14-7-15-38-16-18-39(19-17-38)29-9-6-8-27(20-29)32(33,34)35/h6,8-13,20,37H,7,14-19H2,1-5H3,(H,36,40). The molecular formula is C32H39F3N4O3S. The molecule has 1 saturated heterocycles. The van der Waals surface area contributed by atoms with Crippen molar-refractivity contribution in [3.63, 3.8) is 0 Å². The Morgan fingerprint density at radius 1 is 0.837 bits per heavy atom. The summed E-state index contributed by atoms with van der Waals surface area (Å²) in [6.07, 6.45) is -3.64. The third-order valence-corrected chi connectivity index (χ3v) is 10.1. The molecule has 0 spiro atoms. The number of hydrogen-bond donors (Lipinski definition) is 2. The smallest absolute Gasteiger partial charge is 0.369 e. The fraction of sp³-hybridized carbons (Fsp3) is 0.406. The highest BCUT2D eigenvalue weighted by Gasteiger charge is 2.31. The molecule has 3 aromatic carbocycles. The molecule has 0 radical (unpaired) electrons. The van der Waals surface area contributed by atoms with E-state index in [1.165, 1.54) is 12.1 Å². The van der Waals surface area contributed by atoms with Crippen molar-refractivity contribution in [1.29, 1.82) is 0 Å². The van der Waals surface area contributed by atoms with Crippen LogP contribution in [0.15, 0.2) is 53.4 Å². The number of carbonyl (C=O) groups excluding carboxylic acids is 1. The molecule has 1 amide bonds. The largest absolute Gasteiger partial charge is 0.416 e. The number of carbonyl (C=O) groups is 1. The number of benzene rings is 3. The fourth-order valence-electron chi connectivity index (χ4n) is 5.48. The van der Waals surface area contributed by atoms with Gasteiger partial charge in [-0.1, -0.05) is 6.07 Å². The van der Waals surface area contributed by atoms with Gasteiger partial charge in [0.25, 0.3) is 15.9 Å². The lowest BCUT2D eigenvalue weighted by atomic mass is 9.95. The van der Waals surface area contributed by atoms with Crippen LogP contribution in [0.4, 0.5) is 24.5 Å². The maximum Gasteiger partial charge on any atom is 0.416 e. The zero-order valence-electron chi connectivity index (χ0n) is 25.2. The first-order chi connectivity index (χ1) is 20.2. The van der Waals surface area contributed by atoms with Gasteiger partial charge in [-0.05, 0) is 118 Å². The molecule has 0 bridgehead atoms. The summed E-state index contributed by atoms with van der Waals surface area (Å²) in [6, 6.07) is 11.8. The average molecular weight is 617 g/mol. The van der Waals surface area contributed by atoms with Gasteiger partial charge in [0.2, 0.25) is 0 Å². The monoisotopic (exact) mass is 616 g/mol. The molecule has 7 nitrogen and oxygen atoms in total. The molecule has 1 heterocycles. The van der Waals surface area contributed by atoms with Crippen LogP contribution in [0.25, 0.3) is 0 Å². The first kappa shape index (κ1) is 32.3. The molecule has 0 aliphatic carbocycles. The predicted octanol–water partition coefficient (Wildman–Crippen LogP) is 5.99. The molecule has 1 aliphatic rings. The number of halogens is 3. The maximum absolute atomic E-state index is 13.3. The second-order valence-electron chi connectivity index (χ2n) is 11.1. The van der Waals surface area contributed by atoms with Gasteiger partial charge in [-0.25, -0.2) is 8.42 Å². The van der Waals surface area contributed by atoms with E-state index in [4.69, 9.17) is 0 Å². The fourth-order valence-corrected chi connectivity index (χ4v) is 7.14. The molecule has 0 saturated carbocycles. The van der Waals surface area contributed by atoms with Crippen LogP contribution in [0.1, 0.15) is 50.2 Å². The second kappa shape index (κ2) is 13.0. The van der Waals surface area contributed by atoms with E-state index >= 15 is 0 Å². The topological polar surface area (TPSA) is 81.7 Å². The van der Waals surface area contributed by atoms with Crippen LogP contribution in [0, 0.1) is 34.6 Å². The number of hydrogen-bond acceptors (Lipinski definition) is 5. The summed E-state index contributed by atoms with van der Waals surface area (Å²) < 4.78 is 68.4. The highest BCUT2D eigenvalue weighted by Crippen LogP contribution is 2.32. The van der Waals surface area contributed by atoms with Crippen LogP contribution in [-0.2, 0) is 16.2 Å². The van der Waals surface area contributed by atoms with Gasteiger partial charge in [0, 0.05) is 49.7 Å². The normalized spacial score (nSPS) is 14.6. The Bertz CT molecular complexity index is 1550. The lowest BCUT2D eigenvalue weighted by molar-refractivity contribution is -0.137. The van der Waals surface area contributed by atoms with E-state index in [1.54, 1.807) is 30.3 Å². The van der Waals surface area contributed by atoms with Gasteiger partial charge in [0.05, 0.1) is 10.5 Å². The van der Waals surface area contributed by atoms with E-state index in [2.05, 4.69) is 14.9 Å². The SMILES string of the molecule is Cc1c(C)c(C)c(S(=O)(=O)Nc2ccc(C(=O)NCCCN3CCN(c4cccc(C(F)(F)F)c4)CC3)cc2)c(C)c1C. The Morgan fingerprint density at radius 2 is 1.42 bits per heavy atom. The van der Waals surface area contributed by atoms with Crippen LogP contribution >= 0.6 is 0 Å². The van der Waals surface area contributed by atoms with E-state index < -0.39 is 21.8 Å². The van der Waals surface area contributed by atoms with Gasteiger partial charge in [-0.3, -0.25) is 14.4 Å². The predicted molar refractivity (Wildman–Crippen MR) is 164 cm³/mol. The average Bonchev–Trinajstić information content (AvgIpc) is 2.97. The molecule has 3 aromatic rings. The summed E-state index contributed by atoms with van der Waals surface area (Å²) in [4.78, 5) is 17.1. The zero-order chi connectivity index (χ0) is 31.5. The van der Waals surface area contributed by atoms with Crippen molar-refractivity contribution in [2.45, 2.75) is 52.1 Å². The van der Waals surface area contributed by atoms with E-state index in [9.17, 15) is 26.4 Å². The number of nitrogens with one attached hydrogen (secondary N) is 2. The van der Waals surface area contributed by atoms with Crippen molar-refractivity contribution in [2.24, 2.45) is 0 Å². The number of piperazine rings is 1. The van der Waals surface area contributed by atoms with Gasteiger partial charge >= 0.3 is 6.18 Å². The van der Waals surface area contributed by atoms with Crippen molar-refractivity contribution in [1.82, 2.24) is 10.2 Å². The Hall–Kier alpha value is -3.57. The first-order valence-electron chi connectivity index (χ1n) is 14.3. The van der Waals surface area contributed by atoms with Crippen LogP contribution in [0.3, 0.4) is 0 Å². The molecule has 232 valence electrons. The molecule has 2 N–H and O–H groups in total. The maximum atomic E-state index is 13.3. The molecule has 0 atom stereocenters. The summed E-state index contributed by atoms with van der Waals surface area (Å²) in [5.41, 5.74) is 5.16. The van der Waals surface area contributed by atoms with Gasteiger partial charge in [0.15, 0.2) is 0 Å². The van der Waals surface area contributed by atoms with Crippen molar-refractivity contribution in [3.05, 3.63) is 87.5 Å². The van der Waals surface area contributed by atoms with E-state index in [1.807, 2.05) is 39.5 Å². The van der Waals surface area contributed by atoms with Gasteiger partial charge in [-0.2, -0.15) is 13.2 Å². The van der Waals surface area contributed by atoms with Crippen LogP contribution in [-0.4, -0.2) is 58.5 Å². The second-order valence-corrected chi connectivity index (χ2v) is 12.7. The molecule has 1 aliphatic heterocycles. The zero-order valence-corrected chi connectivity index (χ0v) is 26.0. The van der Waals surface area contributed by atoms with Crippen LogP contribution < -0.4 is 14.9 Å². The number of anilines is 2. The minimum Gasteiger partial charge on any atom is -0.369 e. The Kier molecular flexibility index (Phi) is 9.76. The van der Waals surface area contributed by atoms with E-state index in [0.29, 0.717) is 36.6 Å². The molecular weight excluding hydrogens is 577 g/mol. The van der Waals surface area contributed by atoms with Crippen molar-refractivity contribution in [2.75, 3.05) is 48.9 Å². The highest BCUT2D eigenvalue weighted by atomic mass is 32.2. The molecule has 4 rings (SSSR count). The van der Waals surface area contributed by atoms with Crippen molar-refractivity contribution < 1.29 is 26.4 Å². The summed E-state index contributed by atoms with van der Waals surface area (Å²) in [6.45, 7) is 13.4. The number of nitrogens with zero attached hydrogens (tertiary/aromatic N) is 2. The van der Waals surface area contributed by atoms with Gasteiger partial charge in [-0.15, -0.1) is 0 Å². The number of rotatable bonds is 9. The van der Waals surface area contributed by atoms with Gasteiger partial charge < -0.3 is 10.2 Å². The third kappa shape index (κ3) is 7.51. The summed E-state index contributed by atoms with van der Waals surface area (Å²) in [5, 5.41) is 2.90. The van der Waals surface area contributed by atoms with E-state index in [-0.39, 0.29) is 10.8 Å². The lowest BCUT2D eigenvalue weighted by Gasteiger charge is -2.36. The number of sulfonamides is 1. The summed E-state index contributed by atoms with van der Waals surface area (Å²) in [5.74, 6) is -0.250. The number of alkyl halides is 3. The first-order valence-corrected chi connectivity index (χ1v) is 15.8. The molecule has 43 heavy (non-hydrogen) atoms. The lowest BCUT2D eigenvalue weighted by Crippen LogP contribution is -2.47. The molecule has 11 heteroatoms. The molecule has 0 unspecified atom stereocenters. The van der Waals surface area contributed by atoms with Gasteiger partial charge in [0.1, 0.15) is 0 Å². The minimum atomic E-state index is -4.36. The van der Waals surface area contributed by atoms with Crippen molar-refractivity contribution >= 4 is 27.3 Å². The quantitative estimate of drug-likeness (QED) is 0.289. The Labute approximate surface area is 252 Å². The summed E-state index contributed by atoms with van der Waals surface area (Å²) in [7, 11) is -3.83. The third-order valence-electron chi connectivity index (χ3n) is 8.45. The summed E-state index contributed by atoms with van der Waals surface area (Å²) >= 11 is 0. The number of amides is 1. The van der Waals surface area contributed by atoms with E-state index in [0.717, 1.165) is 59.9 Å². The van der Waals surface area contributed by atoms with Crippen LogP contribution in [0.2, 0.25) is 0 Å². The minimum absolute atomic E-state index is 0.250. The van der Waals surface area contributed by atoms with Crippen LogP contribution in [0.5, 0.6) is 0 Å².